The molecule has 1 aliphatic rings. The second kappa shape index (κ2) is 9.48. The average molecular weight is 540 g/mol. The van der Waals surface area contributed by atoms with Crippen LogP contribution in [0.1, 0.15) is 0 Å². The average Bonchev–Trinajstić information content (AvgIpc) is 2.88. The lowest BCUT2D eigenvalue weighted by Crippen LogP contribution is -2.55. The number of hydrogen-bond acceptors (Lipinski definition) is 12. The van der Waals surface area contributed by atoms with E-state index in [1.807, 2.05) is 0 Å². The smallest absolute Gasteiger partial charge is 0.385 e. The number of ether oxygens (including phenoxy) is 1. The third-order valence-corrected chi connectivity index (χ3v) is 7.78. The zero-order valence-electron chi connectivity index (χ0n) is 15.9. The largest absolute Gasteiger partial charge is 0.490 e. The maximum atomic E-state index is 15.6. The fourth-order valence-electron chi connectivity index (χ4n) is 2.65. The van der Waals surface area contributed by atoms with Crippen molar-refractivity contribution in [1.82, 2.24) is 9.55 Å². The van der Waals surface area contributed by atoms with E-state index in [2.05, 4.69) is 28.2 Å². The number of rotatable bonds is 10. The van der Waals surface area contributed by atoms with E-state index in [1.165, 1.54) is 0 Å². The fourth-order valence-corrected chi connectivity index (χ4v) is 5.73. The van der Waals surface area contributed by atoms with E-state index in [0.717, 1.165) is 12.3 Å². The van der Waals surface area contributed by atoms with Gasteiger partial charge in [0.25, 0.3) is 0 Å². The van der Waals surface area contributed by atoms with Crippen molar-refractivity contribution in [3.63, 3.8) is 0 Å². The van der Waals surface area contributed by atoms with Crippen LogP contribution in [0.25, 0.3) is 10.4 Å². The van der Waals surface area contributed by atoms with Crippen LogP contribution in [-0.2, 0) is 37.4 Å². The molecule has 0 aromatic carbocycles. The molecule has 23 heteroatoms. The number of phosphoric acid groups is 3. The van der Waals surface area contributed by atoms with Crippen molar-refractivity contribution in [3.05, 3.63) is 33.2 Å². The number of aliphatic hydroxyl groups excluding tert-OH is 1. The van der Waals surface area contributed by atoms with E-state index in [4.69, 9.17) is 30.7 Å². The molecule has 0 radical (unpaired) electrons. The van der Waals surface area contributed by atoms with Crippen LogP contribution in [0.3, 0.4) is 0 Å². The maximum Gasteiger partial charge on any atom is 0.490 e. The summed E-state index contributed by atoms with van der Waals surface area (Å²) in [6, 6.07) is 1.01. The Morgan fingerprint density at radius 2 is 1.97 bits per heavy atom. The van der Waals surface area contributed by atoms with E-state index in [-0.39, 0.29) is 10.4 Å². The third kappa shape index (κ3) is 6.65. The Morgan fingerprint density at radius 1 is 1.33 bits per heavy atom. The van der Waals surface area contributed by atoms with Gasteiger partial charge in [0.05, 0.1) is 13.2 Å². The zero-order valence-corrected chi connectivity index (χ0v) is 18.6. The number of nitrogens with zero attached hydrogens (tertiary/aromatic N) is 5. The molecular weight excluding hydrogens is 524 g/mol. The number of anilines is 1. The standard InChI is InChI=1S/C10H16FN6O13P3/c11-10(17-2-1-6(12)15-8(17)19)5-27-9(7(10)18,3-14-16-13)4-28-32(23,24)30-33(25,26)29-31(20,21)22/h1-2,7,18H,3-5H2,(H,23,24)(H,25,26)(H2,12,15,19)(H2,20,21,22)/t7-,9-,10+/m1/s1. The van der Waals surface area contributed by atoms with Gasteiger partial charge in [0.2, 0.25) is 5.79 Å². The van der Waals surface area contributed by atoms with Crippen LogP contribution in [0, 0.1) is 0 Å². The lowest BCUT2D eigenvalue weighted by Gasteiger charge is -2.33. The highest BCUT2D eigenvalue weighted by molar-refractivity contribution is 7.66. The third-order valence-electron chi connectivity index (χ3n) is 3.99. The fraction of sp³-hybridized carbons (Fsp3) is 0.600. The first-order valence-electron chi connectivity index (χ1n) is 8.11. The number of aliphatic hydroxyl groups is 1. The molecule has 1 aliphatic heterocycles. The van der Waals surface area contributed by atoms with Crippen molar-refractivity contribution in [2.75, 3.05) is 25.5 Å². The molecule has 0 bridgehead atoms. The van der Waals surface area contributed by atoms with E-state index >= 15 is 4.39 Å². The molecule has 2 rings (SSSR count). The molecular formula is C10H16FN6O13P3. The van der Waals surface area contributed by atoms with Gasteiger partial charge in [0.1, 0.15) is 24.1 Å². The highest BCUT2D eigenvalue weighted by Gasteiger charge is 2.61. The summed E-state index contributed by atoms with van der Waals surface area (Å²) in [7, 11) is -17.2. The minimum absolute atomic E-state index is 0.277. The minimum atomic E-state index is -5.87. The summed E-state index contributed by atoms with van der Waals surface area (Å²) in [4.78, 5) is 53.4. The molecule has 1 saturated heterocycles. The Labute approximate surface area is 181 Å². The topological polar surface area (TPSA) is 299 Å². The van der Waals surface area contributed by atoms with Crippen LogP contribution < -0.4 is 11.4 Å². The number of alkyl halides is 1. The van der Waals surface area contributed by atoms with Crippen LogP contribution in [-0.4, -0.2) is 65.7 Å². The summed E-state index contributed by atoms with van der Waals surface area (Å²) < 4.78 is 66.4. The van der Waals surface area contributed by atoms with E-state index in [0.29, 0.717) is 0 Å². The Balaban J connectivity index is 2.31. The molecule has 33 heavy (non-hydrogen) atoms. The first-order valence-corrected chi connectivity index (χ1v) is 12.6. The van der Waals surface area contributed by atoms with Crippen molar-refractivity contribution in [2.45, 2.75) is 17.5 Å². The van der Waals surface area contributed by atoms with Crippen LogP contribution in [0.2, 0.25) is 0 Å². The Morgan fingerprint density at radius 3 is 2.52 bits per heavy atom. The van der Waals surface area contributed by atoms with Gasteiger partial charge in [-0.2, -0.15) is 13.6 Å². The van der Waals surface area contributed by atoms with E-state index < -0.39 is 66.4 Å². The summed E-state index contributed by atoms with van der Waals surface area (Å²) in [5, 5.41) is 13.7. The number of hydrogen-bond donors (Lipinski definition) is 6. The molecule has 19 nitrogen and oxygen atoms in total. The Hall–Kier alpha value is -1.75. The molecule has 0 saturated carbocycles. The molecule has 186 valence electrons. The molecule has 5 atom stereocenters. The normalized spacial score (nSPS) is 29.1. The summed E-state index contributed by atoms with van der Waals surface area (Å²) in [5.41, 5.74) is 10.2. The summed E-state index contributed by atoms with van der Waals surface area (Å²) in [6.45, 7) is -3.41. The number of nitrogens with two attached hydrogens (primary N) is 1. The number of nitrogen functional groups attached to an aromatic ring is 1. The van der Waals surface area contributed by atoms with Crippen molar-refractivity contribution in [2.24, 2.45) is 5.11 Å². The van der Waals surface area contributed by atoms with Gasteiger partial charge in [0, 0.05) is 11.1 Å². The molecule has 1 aromatic heterocycles. The maximum absolute atomic E-state index is 15.6. The summed E-state index contributed by atoms with van der Waals surface area (Å²) >= 11 is 0. The van der Waals surface area contributed by atoms with Gasteiger partial charge in [-0.15, -0.1) is 0 Å². The van der Waals surface area contributed by atoms with Gasteiger partial charge in [0.15, 0.2) is 0 Å². The second-order valence-electron chi connectivity index (χ2n) is 6.33. The Kier molecular flexibility index (Phi) is 7.90. The monoisotopic (exact) mass is 540 g/mol. The molecule has 2 unspecified atom stereocenters. The van der Waals surface area contributed by atoms with Crippen LogP contribution >= 0.6 is 23.5 Å². The lowest BCUT2D eigenvalue weighted by atomic mass is 9.93. The molecule has 0 amide bonds. The molecule has 0 aliphatic carbocycles. The number of phosphoric ester groups is 1. The van der Waals surface area contributed by atoms with Crippen LogP contribution in [0.15, 0.2) is 22.2 Å². The lowest BCUT2D eigenvalue weighted by molar-refractivity contribution is -0.0994. The van der Waals surface area contributed by atoms with Gasteiger partial charge >= 0.3 is 29.2 Å². The molecule has 0 spiro atoms. The van der Waals surface area contributed by atoms with Crippen molar-refractivity contribution in [1.29, 1.82) is 0 Å². The molecule has 1 fully saturated rings. The summed E-state index contributed by atoms with van der Waals surface area (Å²) in [6.07, 6.45) is -1.62. The second-order valence-corrected chi connectivity index (χ2v) is 10.8. The predicted octanol–water partition coefficient (Wildman–Crippen LogP) is -0.769. The van der Waals surface area contributed by atoms with E-state index in [9.17, 15) is 28.5 Å². The number of aromatic nitrogens is 2. The minimum Gasteiger partial charge on any atom is -0.385 e. The highest BCUT2D eigenvalue weighted by atomic mass is 31.3. The Bertz CT molecular complexity index is 1150. The van der Waals surface area contributed by atoms with E-state index in [1.54, 1.807) is 0 Å². The molecule has 7 N–H and O–H groups in total. The van der Waals surface area contributed by atoms with Crippen LogP contribution in [0.5, 0.6) is 0 Å². The van der Waals surface area contributed by atoms with Crippen molar-refractivity contribution in [3.8, 4) is 0 Å². The van der Waals surface area contributed by atoms with Gasteiger partial charge in [-0.25, -0.2) is 22.9 Å². The van der Waals surface area contributed by atoms with Gasteiger partial charge < -0.3 is 35.2 Å². The molecule has 2 heterocycles. The summed E-state index contributed by atoms with van der Waals surface area (Å²) in [5.74, 6) is -3.36. The zero-order chi connectivity index (χ0) is 25.3. The van der Waals surface area contributed by atoms with Crippen molar-refractivity contribution < 1.29 is 60.6 Å². The van der Waals surface area contributed by atoms with Gasteiger partial charge in [-0.3, -0.25) is 9.09 Å². The van der Waals surface area contributed by atoms with Crippen LogP contribution in [0.4, 0.5) is 10.2 Å². The number of halogens is 1. The quantitative estimate of drug-likeness (QED) is 0.0919. The predicted molar refractivity (Wildman–Crippen MR) is 101 cm³/mol. The first-order chi connectivity index (χ1) is 15.0. The van der Waals surface area contributed by atoms with Gasteiger partial charge in [-0.05, 0) is 11.6 Å². The van der Waals surface area contributed by atoms with Gasteiger partial charge in [-0.1, -0.05) is 5.11 Å². The molecule has 1 aromatic rings. The van der Waals surface area contributed by atoms with Crippen molar-refractivity contribution >= 4 is 29.3 Å². The highest BCUT2D eigenvalue weighted by Crippen LogP contribution is 2.66. The SMILES string of the molecule is [N-]=[N+]=NC[C@]1(COP(=O)(O)OP(=O)(O)OP(=O)(O)O)OC[C@](F)(n2ccc(N)nc2=O)[C@@H]1O. The first kappa shape index (κ1) is 27.5. The number of azide groups is 1.